The highest BCUT2D eigenvalue weighted by molar-refractivity contribution is 8.22. The SMILES string of the molecule is C=C(C)CCOC(=S)SC. The summed E-state index contributed by atoms with van der Waals surface area (Å²) in [4.78, 5) is 0. The van der Waals surface area contributed by atoms with Crippen LogP contribution in [-0.2, 0) is 4.74 Å². The van der Waals surface area contributed by atoms with E-state index in [9.17, 15) is 0 Å². The Labute approximate surface area is 71.8 Å². The smallest absolute Gasteiger partial charge is 0.219 e. The lowest BCUT2D eigenvalue weighted by Crippen LogP contribution is -1.98. The quantitative estimate of drug-likeness (QED) is 0.483. The second kappa shape index (κ2) is 5.74. The summed E-state index contributed by atoms with van der Waals surface area (Å²) in [6.45, 7) is 6.39. The Morgan fingerprint density at radius 3 is 2.70 bits per heavy atom. The number of thioether (sulfide) groups is 1. The summed E-state index contributed by atoms with van der Waals surface area (Å²) >= 11 is 6.27. The second-order valence-corrected chi connectivity index (χ2v) is 3.42. The van der Waals surface area contributed by atoms with Gasteiger partial charge in [0.15, 0.2) is 0 Å². The third kappa shape index (κ3) is 6.11. The second-order valence-electron chi connectivity index (χ2n) is 2.01. The fourth-order valence-corrected chi connectivity index (χ4v) is 0.652. The van der Waals surface area contributed by atoms with Gasteiger partial charge in [-0.25, -0.2) is 0 Å². The van der Waals surface area contributed by atoms with Gasteiger partial charge < -0.3 is 4.74 Å². The first-order valence-corrected chi connectivity index (χ1v) is 4.65. The molecular weight excluding hydrogens is 164 g/mol. The summed E-state index contributed by atoms with van der Waals surface area (Å²) in [5.41, 5.74) is 1.13. The molecule has 0 saturated carbocycles. The zero-order valence-electron chi connectivity index (χ0n) is 6.35. The van der Waals surface area contributed by atoms with Crippen LogP contribution < -0.4 is 0 Å². The summed E-state index contributed by atoms with van der Waals surface area (Å²) in [5, 5.41) is 0. The highest BCUT2D eigenvalue weighted by Gasteiger charge is 1.92. The first kappa shape index (κ1) is 9.98. The zero-order valence-corrected chi connectivity index (χ0v) is 7.98. The maximum Gasteiger partial charge on any atom is 0.219 e. The van der Waals surface area contributed by atoms with E-state index in [1.54, 1.807) is 0 Å². The van der Waals surface area contributed by atoms with E-state index in [1.807, 2.05) is 13.2 Å². The van der Waals surface area contributed by atoms with Gasteiger partial charge in [0.1, 0.15) is 0 Å². The molecule has 58 valence electrons. The van der Waals surface area contributed by atoms with Crippen LogP contribution in [0.2, 0.25) is 0 Å². The average Bonchev–Trinajstić information content (AvgIpc) is 1.87. The summed E-state index contributed by atoms with van der Waals surface area (Å²) in [5.74, 6) is 0. The monoisotopic (exact) mass is 176 g/mol. The molecule has 0 aromatic rings. The van der Waals surface area contributed by atoms with Gasteiger partial charge in [0.25, 0.3) is 0 Å². The minimum atomic E-state index is 0.612. The largest absolute Gasteiger partial charge is 0.478 e. The van der Waals surface area contributed by atoms with Crippen LogP contribution in [0.4, 0.5) is 0 Å². The molecule has 0 rings (SSSR count). The van der Waals surface area contributed by atoms with Gasteiger partial charge in [0, 0.05) is 6.42 Å². The number of hydrogen-bond acceptors (Lipinski definition) is 3. The van der Waals surface area contributed by atoms with E-state index in [0.717, 1.165) is 12.0 Å². The predicted octanol–water partition coefficient (Wildman–Crippen LogP) is 2.62. The third-order valence-corrected chi connectivity index (χ3v) is 1.98. The van der Waals surface area contributed by atoms with Crippen molar-refractivity contribution in [2.75, 3.05) is 12.9 Å². The van der Waals surface area contributed by atoms with Crippen molar-refractivity contribution in [3.05, 3.63) is 12.2 Å². The van der Waals surface area contributed by atoms with Crippen LogP contribution in [0.25, 0.3) is 0 Å². The van der Waals surface area contributed by atoms with E-state index < -0.39 is 0 Å². The van der Waals surface area contributed by atoms with Crippen LogP contribution in [0.1, 0.15) is 13.3 Å². The van der Waals surface area contributed by atoms with Crippen molar-refractivity contribution >= 4 is 28.4 Å². The molecule has 0 heterocycles. The lowest BCUT2D eigenvalue weighted by atomic mass is 10.3. The maximum absolute atomic E-state index is 5.14. The van der Waals surface area contributed by atoms with E-state index in [0.29, 0.717) is 11.0 Å². The Kier molecular flexibility index (Phi) is 5.73. The molecule has 0 aliphatic carbocycles. The molecule has 0 N–H and O–H groups in total. The Hall–Kier alpha value is -0.0200. The van der Waals surface area contributed by atoms with E-state index in [4.69, 9.17) is 17.0 Å². The third-order valence-electron chi connectivity index (χ3n) is 0.915. The van der Waals surface area contributed by atoms with Gasteiger partial charge in [0.2, 0.25) is 4.38 Å². The summed E-state index contributed by atoms with van der Waals surface area (Å²) < 4.78 is 5.75. The van der Waals surface area contributed by atoms with Gasteiger partial charge in [-0.15, -0.1) is 6.58 Å². The molecule has 0 bridgehead atoms. The molecule has 10 heavy (non-hydrogen) atoms. The average molecular weight is 176 g/mol. The molecule has 0 aromatic carbocycles. The molecule has 0 radical (unpaired) electrons. The molecule has 0 unspecified atom stereocenters. The molecule has 0 aliphatic heterocycles. The van der Waals surface area contributed by atoms with E-state index >= 15 is 0 Å². The molecule has 0 amide bonds. The Morgan fingerprint density at radius 1 is 1.70 bits per heavy atom. The van der Waals surface area contributed by atoms with E-state index in [2.05, 4.69) is 6.58 Å². The van der Waals surface area contributed by atoms with Gasteiger partial charge in [-0.3, -0.25) is 0 Å². The van der Waals surface area contributed by atoms with E-state index in [-0.39, 0.29) is 0 Å². The van der Waals surface area contributed by atoms with Crippen molar-refractivity contribution in [1.82, 2.24) is 0 Å². The molecule has 3 heteroatoms. The van der Waals surface area contributed by atoms with Crippen molar-refractivity contribution in [2.24, 2.45) is 0 Å². The molecule has 1 nitrogen and oxygen atoms in total. The lowest BCUT2D eigenvalue weighted by molar-refractivity contribution is 0.326. The minimum absolute atomic E-state index is 0.612. The first-order valence-electron chi connectivity index (χ1n) is 3.02. The van der Waals surface area contributed by atoms with Gasteiger partial charge in [-0.2, -0.15) is 0 Å². The number of thiocarbonyl (C=S) groups is 1. The minimum Gasteiger partial charge on any atom is -0.478 e. The molecule has 0 saturated heterocycles. The Morgan fingerprint density at radius 2 is 2.30 bits per heavy atom. The highest BCUT2D eigenvalue weighted by Crippen LogP contribution is 2.02. The zero-order chi connectivity index (χ0) is 7.98. The highest BCUT2D eigenvalue weighted by atomic mass is 32.2. The van der Waals surface area contributed by atoms with Crippen LogP contribution in [0.3, 0.4) is 0 Å². The molecule has 0 fully saturated rings. The van der Waals surface area contributed by atoms with Crippen molar-refractivity contribution < 1.29 is 4.74 Å². The lowest BCUT2D eigenvalue weighted by Gasteiger charge is -2.03. The predicted molar refractivity (Wildman–Crippen MR) is 51.5 cm³/mol. The van der Waals surface area contributed by atoms with Crippen LogP contribution in [0, 0.1) is 0 Å². The fourth-order valence-electron chi connectivity index (χ4n) is 0.368. The van der Waals surface area contributed by atoms with Gasteiger partial charge >= 0.3 is 0 Å². The first-order chi connectivity index (χ1) is 4.66. The van der Waals surface area contributed by atoms with Crippen LogP contribution in [0.5, 0.6) is 0 Å². The Balaban J connectivity index is 3.20. The summed E-state index contributed by atoms with van der Waals surface area (Å²) in [7, 11) is 0. The molecule has 0 atom stereocenters. The molecule has 0 aromatic heterocycles. The molecular formula is C7H12OS2. The summed E-state index contributed by atoms with van der Waals surface area (Å²) in [6, 6.07) is 0. The molecule has 0 aliphatic rings. The summed E-state index contributed by atoms with van der Waals surface area (Å²) in [6.07, 6.45) is 2.80. The van der Waals surface area contributed by atoms with Crippen LogP contribution in [-0.4, -0.2) is 17.2 Å². The number of ether oxygens (including phenoxy) is 1. The maximum atomic E-state index is 5.14. The number of rotatable bonds is 3. The van der Waals surface area contributed by atoms with E-state index in [1.165, 1.54) is 11.8 Å². The van der Waals surface area contributed by atoms with Gasteiger partial charge in [0.05, 0.1) is 6.61 Å². The van der Waals surface area contributed by atoms with Crippen molar-refractivity contribution in [2.45, 2.75) is 13.3 Å². The van der Waals surface area contributed by atoms with Crippen molar-refractivity contribution in [3.63, 3.8) is 0 Å². The van der Waals surface area contributed by atoms with Crippen LogP contribution >= 0.6 is 24.0 Å². The van der Waals surface area contributed by atoms with Crippen LogP contribution in [0.15, 0.2) is 12.2 Å². The Bertz CT molecular complexity index is 132. The van der Waals surface area contributed by atoms with Crippen molar-refractivity contribution in [1.29, 1.82) is 0 Å². The molecule has 0 spiro atoms. The van der Waals surface area contributed by atoms with Crippen molar-refractivity contribution in [3.8, 4) is 0 Å². The van der Waals surface area contributed by atoms with Gasteiger partial charge in [-0.05, 0) is 25.4 Å². The normalized spacial score (nSPS) is 9.00. The standard InChI is InChI=1S/C7H12OS2/c1-6(2)4-5-8-7(9)10-3/h1,4-5H2,2-3H3. The number of hydrogen-bond donors (Lipinski definition) is 0. The van der Waals surface area contributed by atoms with Gasteiger partial charge in [-0.1, -0.05) is 17.3 Å². The topological polar surface area (TPSA) is 9.23 Å². The fraction of sp³-hybridized carbons (Fsp3) is 0.571.